The molecule has 4 nitrogen and oxygen atoms in total. The molecule has 2 heterocycles. The van der Waals surface area contributed by atoms with E-state index in [4.69, 9.17) is 4.74 Å². The Bertz CT molecular complexity index is 195. The molecule has 0 aromatic rings. The second-order valence-corrected chi connectivity index (χ2v) is 5.01. The summed E-state index contributed by atoms with van der Waals surface area (Å²) in [5, 5.41) is 3.68. The van der Waals surface area contributed by atoms with E-state index in [1.165, 1.54) is 32.5 Å². The molecular weight excluding hydrogens is 202 g/mol. The Hall–Kier alpha value is -0.160. The van der Waals surface area contributed by atoms with Crippen molar-refractivity contribution in [3.05, 3.63) is 0 Å². The standard InChI is InChI=1S/C12H25N3O/c1-14-5-2-3-12(11-14)13-4-6-15-7-9-16-10-8-15/h12-13H,2-11H2,1H3. The van der Waals surface area contributed by atoms with Gasteiger partial charge in [0.1, 0.15) is 0 Å². The smallest absolute Gasteiger partial charge is 0.0594 e. The van der Waals surface area contributed by atoms with Gasteiger partial charge in [-0.25, -0.2) is 0 Å². The molecule has 4 heteroatoms. The summed E-state index contributed by atoms with van der Waals surface area (Å²) in [7, 11) is 2.22. The highest BCUT2D eigenvalue weighted by Gasteiger charge is 2.16. The molecule has 0 aromatic carbocycles. The molecule has 94 valence electrons. The number of morpholine rings is 1. The molecular formula is C12H25N3O. The number of ether oxygens (including phenoxy) is 1. The minimum Gasteiger partial charge on any atom is -0.379 e. The Morgan fingerprint density at radius 1 is 1.25 bits per heavy atom. The van der Waals surface area contributed by atoms with Crippen molar-refractivity contribution < 1.29 is 4.74 Å². The highest BCUT2D eigenvalue weighted by atomic mass is 16.5. The van der Waals surface area contributed by atoms with Crippen LogP contribution in [0.2, 0.25) is 0 Å². The second-order valence-electron chi connectivity index (χ2n) is 5.01. The average molecular weight is 227 g/mol. The zero-order valence-corrected chi connectivity index (χ0v) is 10.5. The van der Waals surface area contributed by atoms with E-state index >= 15 is 0 Å². The van der Waals surface area contributed by atoms with Crippen LogP contribution in [0.15, 0.2) is 0 Å². The van der Waals surface area contributed by atoms with Gasteiger partial charge < -0.3 is 15.0 Å². The molecule has 1 N–H and O–H groups in total. The normalized spacial score (nSPS) is 29.4. The Morgan fingerprint density at radius 2 is 2.06 bits per heavy atom. The van der Waals surface area contributed by atoms with Gasteiger partial charge in [0.15, 0.2) is 0 Å². The van der Waals surface area contributed by atoms with Crippen LogP contribution >= 0.6 is 0 Å². The summed E-state index contributed by atoms with van der Waals surface area (Å²) in [5.74, 6) is 0. The maximum Gasteiger partial charge on any atom is 0.0594 e. The van der Waals surface area contributed by atoms with Gasteiger partial charge >= 0.3 is 0 Å². The number of likely N-dealkylation sites (tertiary alicyclic amines) is 1. The van der Waals surface area contributed by atoms with Gasteiger partial charge in [-0.3, -0.25) is 4.90 Å². The Balaban J connectivity index is 1.56. The minimum atomic E-state index is 0.708. The maximum atomic E-state index is 5.34. The molecule has 0 radical (unpaired) electrons. The van der Waals surface area contributed by atoms with Crippen molar-refractivity contribution in [3.63, 3.8) is 0 Å². The molecule has 2 aliphatic rings. The maximum absolute atomic E-state index is 5.34. The van der Waals surface area contributed by atoms with E-state index in [2.05, 4.69) is 22.2 Å². The number of piperidine rings is 1. The fourth-order valence-corrected chi connectivity index (χ4v) is 2.58. The van der Waals surface area contributed by atoms with Crippen LogP contribution in [-0.4, -0.2) is 75.4 Å². The van der Waals surface area contributed by atoms with Crippen molar-refractivity contribution >= 4 is 0 Å². The van der Waals surface area contributed by atoms with Crippen molar-refractivity contribution in [2.75, 3.05) is 59.5 Å². The predicted molar refractivity (Wildman–Crippen MR) is 65.8 cm³/mol. The molecule has 0 spiro atoms. The number of rotatable bonds is 4. The zero-order chi connectivity index (χ0) is 11.2. The molecule has 2 fully saturated rings. The largest absolute Gasteiger partial charge is 0.379 e. The van der Waals surface area contributed by atoms with Gasteiger partial charge in [-0.05, 0) is 26.4 Å². The van der Waals surface area contributed by atoms with Gasteiger partial charge in [0.05, 0.1) is 13.2 Å². The average Bonchev–Trinajstić information content (AvgIpc) is 2.30. The van der Waals surface area contributed by atoms with Crippen LogP contribution in [-0.2, 0) is 4.74 Å². The Morgan fingerprint density at radius 3 is 2.81 bits per heavy atom. The van der Waals surface area contributed by atoms with Crippen molar-refractivity contribution in [1.82, 2.24) is 15.1 Å². The summed E-state index contributed by atoms with van der Waals surface area (Å²) in [6.07, 6.45) is 2.68. The minimum absolute atomic E-state index is 0.708. The summed E-state index contributed by atoms with van der Waals surface area (Å²) in [6, 6.07) is 0.708. The molecule has 1 atom stereocenters. The number of hydrogen-bond donors (Lipinski definition) is 1. The Labute approximate surface area is 98.9 Å². The van der Waals surface area contributed by atoms with Crippen LogP contribution in [0.5, 0.6) is 0 Å². The lowest BCUT2D eigenvalue weighted by atomic mass is 10.1. The first-order chi connectivity index (χ1) is 7.84. The van der Waals surface area contributed by atoms with E-state index in [-0.39, 0.29) is 0 Å². The van der Waals surface area contributed by atoms with E-state index in [0.717, 1.165) is 32.8 Å². The second kappa shape index (κ2) is 6.55. The molecule has 2 rings (SSSR count). The van der Waals surface area contributed by atoms with Crippen LogP contribution in [0, 0.1) is 0 Å². The summed E-state index contributed by atoms with van der Waals surface area (Å²) < 4.78 is 5.34. The van der Waals surface area contributed by atoms with Gasteiger partial charge in [-0.2, -0.15) is 0 Å². The highest BCUT2D eigenvalue weighted by Crippen LogP contribution is 2.07. The first kappa shape index (κ1) is 12.3. The van der Waals surface area contributed by atoms with E-state index in [1.54, 1.807) is 0 Å². The van der Waals surface area contributed by atoms with Gasteiger partial charge in [-0.15, -0.1) is 0 Å². The van der Waals surface area contributed by atoms with E-state index < -0.39 is 0 Å². The number of nitrogens with zero attached hydrogens (tertiary/aromatic N) is 2. The van der Waals surface area contributed by atoms with Gasteiger partial charge in [0.25, 0.3) is 0 Å². The van der Waals surface area contributed by atoms with Crippen LogP contribution in [0.25, 0.3) is 0 Å². The molecule has 0 amide bonds. The Kier molecular flexibility index (Phi) is 5.03. The molecule has 0 saturated carbocycles. The summed E-state index contributed by atoms with van der Waals surface area (Å²) >= 11 is 0. The first-order valence-electron chi connectivity index (χ1n) is 6.56. The fraction of sp³-hybridized carbons (Fsp3) is 1.00. The molecule has 0 aliphatic carbocycles. The SMILES string of the molecule is CN1CCCC(NCCN2CCOCC2)C1. The molecule has 0 bridgehead atoms. The first-order valence-corrected chi connectivity index (χ1v) is 6.56. The summed E-state index contributed by atoms with van der Waals surface area (Å²) in [4.78, 5) is 4.92. The third-order valence-electron chi connectivity index (χ3n) is 3.59. The van der Waals surface area contributed by atoms with Gasteiger partial charge in [0.2, 0.25) is 0 Å². The molecule has 16 heavy (non-hydrogen) atoms. The van der Waals surface area contributed by atoms with E-state index in [1.807, 2.05) is 0 Å². The summed E-state index contributed by atoms with van der Waals surface area (Å²) in [5.41, 5.74) is 0. The summed E-state index contributed by atoms with van der Waals surface area (Å²) in [6.45, 7) is 8.80. The van der Waals surface area contributed by atoms with E-state index in [0.29, 0.717) is 6.04 Å². The predicted octanol–water partition coefficient (Wildman–Crippen LogP) is 0.00240. The molecule has 2 saturated heterocycles. The van der Waals surface area contributed by atoms with Crippen molar-refractivity contribution in [2.45, 2.75) is 18.9 Å². The molecule has 1 unspecified atom stereocenters. The third-order valence-corrected chi connectivity index (χ3v) is 3.59. The van der Waals surface area contributed by atoms with Crippen LogP contribution < -0.4 is 5.32 Å². The van der Waals surface area contributed by atoms with Crippen LogP contribution in [0.1, 0.15) is 12.8 Å². The van der Waals surface area contributed by atoms with Gasteiger partial charge in [0, 0.05) is 38.8 Å². The van der Waals surface area contributed by atoms with Crippen molar-refractivity contribution in [1.29, 1.82) is 0 Å². The highest BCUT2D eigenvalue weighted by molar-refractivity contribution is 4.76. The van der Waals surface area contributed by atoms with Crippen LogP contribution in [0.3, 0.4) is 0 Å². The molecule has 2 aliphatic heterocycles. The monoisotopic (exact) mass is 227 g/mol. The molecule has 0 aromatic heterocycles. The number of hydrogen-bond acceptors (Lipinski definition) is 4. The number of nitrogens with one attached hydrogen (secondary N) is 1. The van der Waals surface area contributed by atoms with Crippen molar-refractivity contribution in [2.24, 2.45) is 0 Å². The number of likely N-dealkylation sites (N-methyl/N-ethyl adjacent to an activating group) is 1. The topological polar surface area (TPSA) is 27.7 Å². The van der Waals surface area contributed by atoms with Crippen molar-refractivity contribution in [3.8, 4) is 0 Å². The lowest BCUT2D eigenvalue weighted by molar-refractivity contribution is 0.0378. The third kappa shape index (κ3) is 4.01. The quantitative estimate of drug-likeness (QED) is 0.732. The van der Waals surface area contributed by atoms with Crippen LogP contribution in [0.4, 0.5) is 0 Å². The fourth-order valence-electron chi connectivity index (χ4n) is 2.58. The van der Waals surface area contributed by atoms with Gasteiger partial charge in [-0.1, -0.05) is 0 Å². The zero-order valence-electron chi connectivity index (χ0n) is 10.5. The lowest BCUT2D eigenvalue weighted by Crippen LogP contribution is -2.47. The lowest BCUT2D eigenvalue weighted by Gasteiger charge is -2.32. The van der Waals surface area contributed by atoms with E-state index in [9.17, 15) is 0 Å².